The Morgan fingerprint density at radius 3 is 2.31 bits per heavy atom. The molecule has 4 nitrogen and oxygen atoms in total. The van der Waals surface area contributed by atoms with Gasteiger partial charge in [-0.15, -0.1) is 0 Å². The van der Waals surface area contributed by atoms with Crippen LogP contribution in [-0.4, -0.2) is 36.8 Å². The minimum atomic E-state index is -0.160. The standard InChI is InChI=1S/C12H24N2O2/c1-9(15)10-3-5-11(6-4-10)16-12-13-7-2-8-14-12/h9-15H,2-8H2,1H3. The SMILES string of the molecule is CC(O)C1CCC(OC2NCCCN2)CC1. The Bertz CT molecular complexity index is 197. The first kappa shape index (κ1) is 12.3. The van der Waals surface area contributed by atoms with Crippen LogP contribution in [0, 0.1) is 5.92 Å². The van der Waals surface area contributed by atoms with Gasteiger partial charge in [-0.05, 0) is 58.0 Å². The molecule has 1 aliphatic heterocycles. The van der Waals surface area contributed by atoms with Gasteiger partial charge in [0.2, 0.25) is 0 Å². The van der Waals surface area contributed by atoms with Crippen LogP contribution in [0.4, 0.5) is 0 Å². The van der Waals surface area contributed by atoms with E-state index < -0.39 is 0 Å². The fourth-order valence-electron chi connectivity index (χ4n) is 2.62. The zero-order valence-corrected chi connectivity index (χ0v) is 10.1. The minimum Gasteiger partial charge on any atom is -0.393 e. The maximum absolute atomic E-state index is 9.52. The quantitative estimate of drug-likeness (QED) is 0.669. The zero-order chi connectivity index (χ0) is 11.4. The largest absolute Gasteiger partial charge is 0.393 e. The summed E-state index contributed by atoms with van der Waals surface area (Å²) >= 11 is 0. The number of nitrogens with one attached hydrogen (secondary N) is 2. The molecule has 1 saturated heterocycles. The molecule has 0 aromatic rings. The average Bonchev–Trinajstić information content (AvgIpc) is 2.31. The Kier molecular flexibility index (Phi) is 4.58. The van der Waals surface area contributed by atoms with Crippen LogP contribution in [0.5, 0.6) is 0 Å². The highest BCUT2D eigenvalue weighted by atomic mass is 16.5. The van der Waals surface area contributed by atoms with E-state index >= 15 is 0 Å². The van der Waals surface area contributed by atoms with Crippen LogP contribution in [0.1, 0.15) is 39.0 Å². The second-order valence-electron chi connectivity index (χ2n) is 5.06. The van der Waals surface area contributed by atoms with Crippen LogP contribution in [-0.2, 0) is 4.74 Å². The highest BCUT2D eigenvalue weighted by Gasteiger charge is 2.26. The van der Waals surface area contributed by atoms with Crippen molar-refractivity contribution in [2.75, 3.05) is 13.1 Å². The van der Waals surface area contributed by atoms with Crippen molar-refractivity contribution in [1.29, 1.82) is 0 Å². The molecule has 0 spiro atoms. The van der Waals surface area contributed by atoms with Crippen LogP contribution in [0.3, 0.4) is 0 Å². The summed E-state index contributed by atoms with van der Waals surface area (Å²) in [6.45, 7) is 3.98. The maximum Gasteiger partial charge on any atom is 0.163 e. The van der Waals surface area contributed by atoms with Gasteiger partial charge >= 0.3 is 0 Å². The molecule has 1 atom stereocenters. The monoisotopic (exact) mass is 228 g/mol. The van der Waals surface area contributed by atoms with Crippen molar-refractivity contribution in [2.24, 2.45) is 5.92 Å². The first-order chi connectivity index (χ1) is 7.75. The molecule has 1 unspecified atom stereocenters. The fourth-order valence-corrected chi connectivity index (χ4v) is 2.62. The molecular weight excluding hydrogens is 204 g/mol. The molecule has 2 rings (SSSR count). The third-order valence-corrected chi connectivity index (χ3v) is 3.74. The molecule has 2 fully saturated rings. The van der Waals surface area contributed by atoms with Crippen molar-refractivity contribution < 1.29 is 9.84 Å². The van der Waals surface area contributed by atoms with Crippen LogP contribution in [0.25, 0.3) is 0 Å². The summed E-state index contributed by atoms with van der Waals surface area (Å²) in [6, 6.07) is 0. The topological polar surface area (TPSA) is 53.5 Å². The van der Waals surface area contributed by atoms with E-state index in [0.29, 0.717) is 12.0 Å². The molecule has 2 aliphatic rings. The van der Waals surface area contributed by atoms with Crippen LogP contribution < -0.4 is 10.6 Å². The lowest BCUT2D eigenvalue weighted by Crippen LogP contribution is -2.51. The van der Waals surface area contributed by atoms with Gasteiger partial charge in [-0.2, -0.15) is 0 Å². The number of aliphatic hydroxyl groups excluding tert-OH is 1. The summed E-state index contributed by atoms with van der Waals surface area (Å²) in [7, 11) is 0. The number of hydrogen-bond acceptors (Lipinski definition) is 4. The van der Waals surface area contributed by atoms with Gasteiger partial charge in [0.05, 0.1) is 12.2 Å². The number of aliphatic hydroxyl groups is 1. The molecule has 1 aliphatic carbocycles. The van der Waals surface area contributed by atoms with Crippen molar-refractivity contribution in [3.05, 3.63) is 0 Å². The van der Waals surface area contributed by atoms with Crippen molar-refractivity contribution in [2.45, 2.75) is 57.6 Å². The number of ether oxygens (including phenoxy) is 1. The van der Waals surface area contributed by atoms with E-state index in [-0.39, 0.29) is 12.5 Å². The van der Waals surface area contributed by atoms with E-state index in [1.165, 1.54) is 6.42 Å². The lowest BCUT2D eigenvalue weighted by Gasteiger charge is -2.34. The molecule has 94 valence electrons. The molecule has 1 heterocycles. The fraction of sp³-hybridized carbons (Fsp3) is 1.00. The molecular formula is C12H24N2O2. The zero-order valence-electron chi connectivity index (χ0n) is 10.1. The first-order valence-electron chi connectivity index (χ1n) is 6.56. The maximum atomic E-state index is 9.52. The van der Waals surface area contributed by atoms with Gasteiger partial charge in [-0.1, -0.05) is 0 Å². The Balaban J connectivity index is 1.68. The van der Waals surface area contributed by atoms with Gasteiger partial charge in [0, 0.05) is 0 Å². The summed E-state index contributed by atoms with van der Waals surface area (Å²) in [5.41, 5.74) is 0. The predicted molar refractivity (Wildman–Crippen MR) is 62.9 cm³/mol. The van der Waals surface area contributed by atoms with Gasteiger partial charge in [-0.25, -0.2) is 0 Å². The molecule has 16 heavy (non-hydrogen) atoms. The van der Waals surface area contributed by atoms with Crippen molar-refractivity contribution in [3.63, 3.8) is 0 Å². The first-order valence-corrected chi connectivity index (χ1v) is 6.56. The van der Waals surface area contributed by atoms with Crippen molar-refractivity contribution >= 4 is 0 Å². The Morgan fingerprint density at radius 1 is 1.12 bits per heavy atom. The Morgan fingerprint density at radius 2 is 1.75 bits per heavy atom. The minimum absolute atomic E-state index is 0.0434. The summed E-state index contributed by atoms with van der Waals surface area (Å²) in [5, 5.41) is 16.2. The highest BCUT2D eigenvalue weighted by Crippen LogP contribution is 2.28. The lowest BCUT2D eigenvalue weighted by molar-refractivity contribution is -0.0792. The normalized spacial score (nSPS) is 34.9. The van der Waals surface area contributed by atoms with E-state index in [2.05, 4.69) is 10.6 Å². The van der Waals surface area contributed by atoms with Gasteiger partial charge in [0.15, 0.2) is 6.35 Å². The third-order valence-electron chi connectivity index (χ3n) is 3.74. The molecule has 3 N–H and O–H groups in total. The smallest absolute Gasteiger partial charge is 0.163 e. The summed E-state index contributed by atoms with van der Waals surface area (Å²) in [6.07, 6.45) is 5.76. The Labute approximate surface area is 97.7 Å². The molecule has 0 amide bonds. The molecule has 0 aromatic carbocycles. The van der Waals surface area contributed by atoms with E-state index in [4.69, 9.17) is 4.74 Å². The van der Waals surface area contributed by atoms with E-state index in [0.717, 1.165) is 38.8 Å². The molecule has 0 bridgehead atoms. The van der Waals surface area contributed by atoms with Crippen LogP contribution >= 0.6 is 0 Å². The van der Waals surface area contributed by atoms with Gasteiger partial charge in [0.25, 0.3) is 0 Å². The van der Waals surface area contributed by atoms with Crippen LogP contribution in [0.15, 0.2) is 0 Å². The van der Waals surface area contributed by atoms with E-state index in [9.17, 15) is 5.11 Å². The van der Waals surface area contributed by atoms with Gasteiger partial charge < -0.3 is 9.84 Å². The molecule has 0 aromatic heterocycles. The molecule has 4 heteroatoms. The van der Waals surface area contributed by atoms with Crippen molar-refractivity contribution in [1.82, 2.24) is 10.6 Å². The summed E-state index contributed by atoms with van der Waals surface area (Å²) in [5.74, 6) is 0.479. The van der Waals surface area contributed by atoms with Gasteiger partial charge in [0.1, 0.15) is 0 Å². The van der Waals surface area contributed by atoms with Crippen molar-refractivity contribution in [3.8, 4) is 0 Å². The summed E-state index contributed by atoms with van der Waals surface area (Å²) in [4.78, 5) is 0. The third kappa shape index (κ3) is 3.42. The highest BCUT2D eigenvalue weighted by molar-refractivity contribution is 4.77. The number of rotatable bonds is 3. The Hall–Kier alpha value is -0.160. The molecule has 0 radical (unpaired) electrons. The molecule has 1 saturated carbocycles. The van der Waals surface area contributed by atoms with E-state index in [1.54, 1.807) is 0 Å². The lowest BCUT2D eigenvalue weighted by atomic mass is 9.84. The number of hydrogen-bond donors (Lipinski definition) is 3. The predicted octanol–water partition coefficient (Wildman–Crippen LogP) is 0.809. The second-order valence-corrected chi connectivity index (χ2v) is 5.06. The van der Waals surface area contributed by atoms with Gasteiger partial charge in [-0.3, -0.25) is 10.6 Å². The average molecular weight is 228 g/mol. The van der Waals surface area contributed by atoms with Crippen LogP contribution in [0.2, 0.25) is 0 Å². The van der Waals surface area contributed by atoms with E-state index in [1.807, 2.05) is 6.92 Å². The summed E-state index contributed by atoms with van der Waals surface area (Å²) < 4.78 is 5.96. The second kappa shape index (κ2) is 5.96.